The Morgan fingerprint density at radius 2 is 2.14 bits per heavy atom. The zero-order chi connectivity index (χ0) is 15.7. The van der Waals surface area contributed by atoms with E-state index in [1.54, 1.807) is 13.0 Å². The number of rotatable bonds is 6. The van der Waals surface area contributed by atoms with Crippen molar-refractivity contribution in [3.63, 3.8) is 0 Å². The van der Waals surface area contributed by atoms with Crippen LogP contribution in [0.15, 0.2) is 11.6 Å². The topological polar surface area (TPSA) is 55.8 Å². The monoisotopic (exact) mass is 312 g/mol. The second-order valence-corrected chi connectivity index (χ2v) is 13.3. The molecule has 0 aliphatic heterocycles. The first kappa shape index (κ1) is 16.9. The van der Waals surface area contributed by atoms with Gasteiger partial charge >= 0.3 is 0 Å². The Kier molecular flexibility index (Phi) is 5.08. The lowest BCUT2D eigenvalue weighted by Gasteiger charge is -2.42. The van der Waals surface area contributed by atoms with Crippen molar-refractivity contribution in [2.24, 2.45) is 5.92 Å². The van der Waals surface area contributed by atoms with Crippen molar-refractivity contribution in [2.45, 2.75) is 63.6 Å². The Balaban J connectivity index is 1.79. The molecule has 4 nitrogen and oxygen atoms in total. The Morgan fingerprint density at radius 1 is 1.43 bits per heavy atom. The summed E-state index contributed by atoms with van der Waals surface area (Å²) in [5.41, 5.74) is 0.114. The molecule has 21 heavy (non-hydrogen) atoms. The van der Waals surface area contributed by atoms with Crippen LogP contribution in [0.4, 0.5) is 0 Å². The number of ketones is 1. The molecule has 0 spiro atoms. The van der Waals surface area contributed by atoms with Gasteiger partial charge in [-0.05, 0) is 31.9 Å². The summed E-state index contributed by atoms with van der Waals surface area (Å²) in [6, 6.07) is 1.11. The lowest BCUT2D eigenvalue weighted by molar-refractivity contribution is -0.178. The molecular formula is C16H28O4Si. The highest BCUT2D eigenvalue weighted by Gasteiger charge is 2.48. The van der Waals surface area contributed by atoms with Crippen molar-refractivity contribution in [3.05, 3.63) is 11.6 Å². The molecule has 0 aromatic rings. The molecule has 0 amide bonds. The maximum absolute atomic E-state index is 11.5. The van der Waals surface area contributed by atoms with Crippen LogP contribution in [0, 0.1) is 5.92 Å². The smallest absolute Gasteiger partial charge is 0.156 e. The van der Waals surface area contributed by atoms with Crippen LogP contribution in [0.25, 0.3) is 0 Å². The van der Waals surface area contributed by atoms with E-state index >= 15 is 0 Å². The van der Waals surface area contributed by atoms with Crippen LogP contribution in [0.3, 0.4) is 0 Å². The molecule has 0 unspecified atom stereocenters. The van der Waals surface area contributed by atoms with Gasteiger partial charge in [-0.2, -0.15) is 0 Å². The molecule has 0 heterocycles. The standard InChI is InChI=1S/C16H28O4Si/c1-16(18)14-10-13(17)9-12(14)5-6-15(16)20-11-19-7-8-21(2,3)4/h9,14-15,18H,5-8,10-11H2,1-4H3/t14-,15+,16+/m1/s1. The molecule has 0 aromatic carbocycles. The van der Waals surface area contributed by atoms with Crippen molar-refractivity contribution >= 4 is 13.9 Å². The van der Waals surface area contributed by atoms with Gasteiger partial charge in [-0.15, -0.1) is 0 Å². The predicted molar refractivity (Wildman–Crippen MR) is 84.9 cm³/mol. The van der Waals surface area contributed by atoms with Gasteiger partial charge < -0.3 is 14.6 Å². The zero-order valence-corrected chi connectivity index (χ0v) is 14.6. The van der Waals surface area contributed by atoms with Crippen molar-refractivity contribution in [3.8, 4) is 0 Å². The maximum Gasteiger partial charge on any atom is 0.156 e. The molecule has 120 valence electrons. The average Bonchev–Trinajstić information content (AvgIpc) is 2.72. The third-order valence-corrected chi connectivity index (χ3v) is 6.30. The number of fused-ring (bicyclic) bond motifs is 1. The van der Waals surface area contributed by atoms with E-state index in [4.69, 9.17) is 9.47 Å². The van der Waals surface area contributed by atoms with Crippen LogP contribution in [0.5, 0.6) is 0 Å². The van der Waals surface area contributed by atoms with Gasteiger partial charge in [0, 0.05) is 27.0 Å². The minimum absolute atomic E-state index is 0.0780. The fourth-order valence-corrected chi connectivity index (χ4v) is 3.92. The lowest BCUT2D eigenvalue weighted by Crippen LogP contribution is -2.50. The fraction of sp³-hybridized carbons (Fsp3) is 0.812. The highest BCUT2D eigenvalue weighted by molar-refractivity contribution is 6.76. The molecule has 2 aliphatic rings. The van der Waals surface area contributed by atoms with Gasteiger partial charge in [-0.25, -0.2) is 0 Å². The van der Waals surface area contributed by atoms with E-state index in [0.29, 0.717) is 6.42 Å². The van der Waals surface area contributed by atoms with Gasteiger partial charge in [0.2, 0.25) is 0 Å². The normalized spacial score (nSPS) is 33.0. The molecule has 0 radical (unpaired) electrons. The summed E-state index contributed by atoms with van der Waals surface area (Å²) in [6.07, 6.45) is 3.46. The summed E-state index contributed by atoms with van der Waals surface area (Å²) in [5, 5.41) is 10.7. The first-order valence-electron chi connectivity index (χ1n) is 7.85. The molecule has 5 heteroatoms. The fourth-order valence-electron chi connectivity index (χ4n) is 3.16. The summed E-state index contributed by atoms with van der Waals surface area (Å²) in [7, 11) is -1.08. The summed E-state index contributed by atoms with van der Waals surface area (Å²) in [6.45, 7) is 9.68. The number of allylic oxidation sites excluding steroid dienone is 1. The highest BCUT2D eigenvalue weighted by Crippen LogP contribution is 2.44. The van der Waals surface area contributed by atoms with Crippen LogP contribution in [-0.4, -0.2) is 44.1 Å². The average molecular weight is 312 g/mol. The molecule has 1 N–H and O–H groups in total. The largest absolute Gasteiger partial charge is 0.387 e. The van der Waals surface area contributed by atoms with Crippen LogP contribution in [0.1, 0.15) is 26.2 Å². The maximum atomic E-state index is 11.5. The van der Waals surface area contributed by atoms with Gasteiger partial charge in [-0.1, -0.05) is 25.2 Å². The van der Waals surface area contributed by atoms with Gasteiger partial charge in [0.1, 0.15) is 6.79 Å². The van der Waals surface area contributed by atoms with Crippen molar-refractivity contribution in [1.29, 1.82) is 0 Å². The minimum atomic E-state index is -1.08. The Hall–Kier alpha value is -0.493. The number of hydrogen-bond donors (Lipinski definition) is 1. The Morgan fingerprint density at radius 3 is 2.81 bits per heavy atom. The van der Waals surface area contributed by atoms with Gasteiger partial charge in [-0.3, -0.25) is 4.79 Å². The van der Waals surface area contributed by atoms with E-state index in [1.807, 2.05) is 0 Å². The highest BCUT2D eigenvalue weighted by atomic mass is 28.3. The predicted octanol–water partition coefficient (Wildman–Crippen LogP) is 2.74. The van der Waals surface area contributed by atoms with E-state index < -0.39 is 13.7 Å². The summed E-state index contributed by atoms with van der Waals surface area (Å²) in [4.78, 5) is 11.5. The van der Waals surface area contributed by atoms with Crippen LogP contribution < -0.4 is 0 Å². The van der Waals surface area contributed by atoms with E-state index in [0.717, 1.165) is 31.1 Å². The third-order valence-electron chi connectivity index (χ3n) is 4.60. The van der Waals surface area contributed by atoms with Crippen LogP contribution >= 0.6 is 0 Å². The molecule has 3 atom stereocenters. The first-order valence-corrected chi connectivity index (χ1v) is 11.6. The van der Waals surface area contributed by atoms with Gasteiger partial charge in [0.25, 0.3) is 0 Å². The molecule has 0 bridgehead atoms. The molecule has 1 fully saturated rings. The van der Waals surface area contributed by atoms with E-state index in [-0.39, 0.29) is 24.6 Å². The molecule has 1 saturated carbocycles. The van der Waals surface area contributed by atoms with Crippen molar-refractivity contribution < 1.29 is 19.4 Å². The van der Waals surface area contributed by atoms with Gasteiger partial charge in [0.05, 0.1) is 11.7 Å². The third kappa shape index (κ3) is 4.25. The number of ether oxygens (including phenoxy) is 2. The summed E-state index contributed by atoms with van der Waals surface area (Å²) >= 11 is 0. The van der Waals surface area contributed by atoms with Crippen LogP contribution in [-0.2, 0) is 14.3 Å². The van der Waals surface area contributed by atoms with Gasteiger partial charge in [0.15, 0.2) is 5.78 Å². The molecular weight excluding hydrogens is 284 g/mol. The van der Waals surface area contributed by atoms with E-state index in [1.165, 1.54) is 0 Å². The SMILES string of the molecule is C[C@@]1(O)[C@@H](OCOCC[Si](C)(C)C)CCC2=CC(=O)C[C@H]21. The van der Waals surface area contributed by atoms with Crippen molar-refractivity contribution in [1.82, 2.24) is 0 Å². The molecule has 0 saturated heterocycles. The number of carbonyl (C=O) groups excluding carboxylic acids is 1. The molecule has 2 aliphatic carbocycles. The summed E-state index contributed by atoms with van der Waals surface area (Å²) < 4.78 is 11.3. The quantitative estimate of drug-likeness (QED) is 0.465. The Bertz CT molecular complexity index is 422. The Labute approximate surface area is 128 Å². The second-order valence-electron chi connectivity index (χ2n) is 7.70. The minimum Gasteiger partial charge on any atom is -0.387 e. The number of hydrogen-bond acceptors (Lipinski definition) is 4. The molecule has 2 rings (SSSR count). The molecule has 0 aromatic heterocycles. The van der Waals surface area contributed by atoms with Crippen molar-refractivity contribution in [2.75, 3.05) is 13.4 Å². The lowest BCUT2D eigenvalue weighted by atomic mass is 9.72. The number of aliphatic hydroxyl groups is 1. The zero-order valence-electron chi connectivity index (χ0n) is 13.6. The number of carbonyl (C=O) groups is 1. The van der Waals surface area contributed by atoms with Crippen LogP contribution in [0.2, 0.25) is 25.7 Å². The van der Waals surface area contributed by atoms with E-state index in [9.17, 15) is 9.90 Å². The van der Waals surface area contributed by atoms with E-state index in [2.05, 4.69) is 19.6 Å². The second kappa shape index (κ2) is 6.32. The first-order chi connectivity index (χ1) is 9.70. The summed E-state index contributed by atoms with van der Waals surface area (Å²) in [5.74, 6) is 0.0491.